The summed E-state index contributed by atoms with van der Waals surface area (Å²) in [7, 11) is 0. The van der Waals surface area contributed by atoms with Gasteiger partial charge in [0, 0.05) is 11.1 Å². The van der Waals surface area contributed by atoms with E-state index >= 15 is 0 Å². The molecule has 0 spiro atoms. The van der Waals surface area contributed by atoms with Gasteiger partial charge in [0.1, 0.15) is 26.4 Å². The first-order valence-electron chi connectivity index (χ1n) is 11.5. The van der Waals surface area contributed by atoms with Crippen LogP contribution < -0.4 is 0 Å². The fourth-order valence-corrected chi connectivity index (χ4v) is 4.21. The van der Waals surface area contributed by atoms with Crippen molar-refractivity contribution in [3.05, 3.63) is 83.9 Å². The van der Waals surface area contributed by atoms with Gasteiger partial charge in [0.25, 0.3) is 0 Å². The van der Waals surface area contributed by atoms with E-state index in [2.05, 4.69) is 94.4 Å². The molecule has 0 bridgehead atoms. The maximum atomic E-state index is 5.42. The first-order valence-corrected chi connectivity index (χ1v) is 11.5. The molecular weight excluding hydrogens is 396 g/mol. The van der Waals surface area contributed by atoms with Crippen LogP contribution in [-0.4, -0.2) is 74.2 Å². The fourth-order valence-electron chi connectivity index (χ4n) is 4.21. The molecule has 32 heavy (non-hydrogen) atoms. The third kappa shape index (κ3) is 5.21. The van der Waals surface area contributed by atoms with E-state index < -0.39 is 0 Å². The Bertz CT molecular complexity index is 991. The van der Waals surface area contributed by atoms with Crippen molar-refractivity contribution in [2.45, 2.75) is 0 Å². The van der Waals surface area contributed by atoms with Gasteiger partial charge in [-0.05, 0) is 46.5 Å². The third-order valence-corrected chi connectivity index (χ3v) is 6.13. The van der Waals surface area contributed by atoms with Gasteiger partial charge in [0.05, 0.1) is 0 Å². The Kier molecular flexibility index (Phi) is 6.52. The van der Waals surface area contributed by atoms with Crippen LogP contribution in [0.2, 0.25) is 0 Å². The van der Waals surface area contributed by atoms with E-state index in [4.69, 9.17) is 9.47 Å². The van der Waals surface area contributed by atoms with Gasteiger partial charge in [0.2, 0.25) is 0 Å². The van der Waals surface area contributed by atoms with Crippen molar-refractivity contribution in [1.82, 2.24) is 0 Å². The van der Waals surface area contributed by atoms with E-state index in [1.807, 2.05) is 0 Å². The van der Waals surface area contributed by atoms with E-state index in [9.17, 15) is 0 Å². The number of morpholine rings is 2. The van der Waals surface area contributed by atoms with Crippen LogP contribution in [0.5, 0.6) is 0 Å². The van der Waals surface area contributed by atoms with Crippen LogP contribution in [0, 0.1) is 0 Å². The Morgan fingerprint density at radius 1 is 0.438 bits per heavy atom. The zero-order valence-corrected chi connectivity index (χ0v) is 18.5. The van der Waals surface area contributed by atoms with Crippen LogP contribution in [0.1, 0.15) is 11.1 Å². The molecule has 0 unspecified atom stereocenters. The molecule has 2 heterocycles. The van der Waals surface area contributed by atoms with Gasteiger partial charge < -0.3 is 9.47 Å². The predicted molar refractivity (Wildman–Crippen MR) is 129 cm³/mol. The van der Waals surface area contributed by atoms with Crippen LogP contribution in [0.15, 0.2) is 72.8 Å². The van der Waals surface area contributed by atoms with E-state index in [1.54, 1.807) is 0 Å². The van der Waals surface area contributed by atoms with Gasteiger partial charge in [-0.15, -0.1) is 0 Å². The molecule has 0 aromatic heterocycles. The fraction of sp³-hybridized carbons (Fsp3) is 0.286. The summed E-state index contributed by atoms with van der Waals surface area (Å²) in [6.07, 6.45) is 4.46. The molecule has 0 amide bonds. The van der Waals surface area contributed by atoms with Crippen LogP contribution in [0.3, 0.4) is 0 Å². The summed E-state index contributed by atoms with van der Waals surface area (Å²) in [6, 6.07) is 26.5. The number of nitrogens with zero attached hydrogens (tertiary/aromatic N) is 2. The second-order valence-corrected chi connectivity index (χ2v) is 8.38. The average molecular weight is 427 g/mol. The van der Waals surface area contributed by atoms with E-state index in [1.165, 1.54) is 33.4 Å². The average Bonchev–Trinajstić information content (AvgIpc) is 2.86. The van der Waals surface area contributed by atoms with E-state index in [-0.39, 0.29) is 0 Å². The lowest BCUT2D eigenvalue weighted by Crippen LogP contribution is -2.29. The summed E-state index contributed by atoms with van der Waals surface area (Å²) in [5.74, 6) is 0. The highest BCUT2D eigenvalue weighted by Gasteiger charge is 2.12. The Balaban J connectivity index is 1.26. The summed E-state index contributed by atoms with van der Waals surface area (Å²) in [4.78, 5) is 0. The second kappa shape index (κ2) is 10.0. The highest BCUT2D eigenvalue weighted by atomic mass is 16.5. The lowest BCUT2D eigenvalue weighted by atomic mass is 9.99. The molecular formula is C28H30N2O2+2. The summed E-state index contributed by atoms with van der Waals surface area (Å²) in [6.45, 7) is 7.13. The van der Waals surface area contributed by atoms with Crippen LogP contribution in [0.4, 0.5) is 0 Å². The minimum Gasteiger partial charge on any atom is -0.368 e. The van der Waals surface area contributed by atoms with Crippen LogP contribution >= 0.6 is 0 Å². The second-order valence-electron chi connectivity index (χ2n) is 8.38. The molecule has 4 nitrogen and oxygen atoms in total. The van der Waals surface area contributed by atoms with Crippen molar-refractivity contribution in [2.24, 2.45) is 0 Å². The van der Waals surface area contributed by atoms with Crippen molar-refractivity contribution < 1.29 is 18.6 Å². The Morgan fingerprint density at radius 2 is 0.719 bits per heavy atom. The highest BCUT2D eigenvalue weighted by molar-refractivity contribution is 5.79. The molecule has 0 aliphatic carbocycles. The maximum Gasteiger partial charge on any atom is 0.170 e. The van der Waals surface area contributed by atoms with Gasteiger partial charge in [-0.25, -0.2) is 9.15 Å². The van der Waals surface area contributed by atoms with E-state index in [0.717, 1.165) is 52.6 Å². The van der Waals surface area contributed by atoms with Gasteiger partial charge in [-0.2, -0.15) is 0 Å². The molecule has 162 valence electrons. The molecule has 0 atom stereocenters. The Labute approximate surface area is 190 Å². The maximum absolute atomic E-state index is 5.42. The van der Waals surface area contributed by atoms with Gasteiger partial charge in [-0.3, -0.25) is 0 Å². The topological polar surface area (TPSA) is 24.5 Å². The SMILES string of the molecule is C(c1ccc(-c2ccc(-c3ccc(C=[N+]4CCOCC4)cc3)cc2)cc1)=[N+]1CCOCC1. The number of hydrogen-bond donors (Lipinski definition) is 0. The summed E-state index contributed by atoms with van der Waals surface area (Å²) >= 11 is 0. The van der Waals surface area contributed by atoms with E-state index in [0.29, 0.717) is 0 Å². The lowest BCUT2D eigenvalue weighted by molar-refractivity contribution is -0.544. The summed E-state index contributed by atoms with van der Waals surface area (Å²) in [5.41, 5.74) is 7.44. The Hall–Kier alpha value is -3.08. The minimum atomic E-state index is 0.815. The number of rotatable bonds is 4. The zero-order chi connectivity index (χ0) is 21.6. The molecule has 2 aliphatic heterocycles. The van der Waals surface area contributed by atoms with Crippen molar-refractivity contribution in [1.29, 1.82) is 0 Å². The standard InChI is InChI=1S/C28H30N2O2/c1-5-25(6-2-23(1)21-29-13-17-31-18-14-29)27-9-11-28(12-10-27)26-7-3-24(4-8-26)22-30-15-19-32-20-16-30/h1-12,21-22H,13-20H2/q+2. The quantitative estimate of drug-likeness (QED) is 0.590. The highest BCUT2D eigenvalue weighted by Crippen LogP contribution is 2.25. The number of hydrogen-bond acceptors (Lipinski definition) is 2. The number of benzene rings is 3. The van der Waals surface area contributed by atoms with Crippen molar-refractivity contribution >= 4 is 12.4 Å². The molecule has 3 aromatic rings. The lowest BCUT2D eigenvalue weighted by Gasteiger charge is -2.10. The molecule has 0 saturated carbocycles. The molecule has 0 N–H and O–H groups in total. The van der Waals surface area contributed by atoms with Gasteiger partial charge >= 0.3 is 0 Å². The first-order chi connectivity index (χ1) is 15.8. The van der Waals surface area contributed by atoms with Crippen LogP contribution in [0.25, 0.3) is 22.3 Å². The first kappa shape index (κ1) is 20.8. The molecule has 0 radical (unpaired) electrons. The summed E-state index contributed by atoms with van der Waals surface area (Å²) in [5, 5.41) is 0. The van der Waals surface area contributed by atoms with Crippen molar-refractivity contribution in [2.75, 3.05) is 52.6 Å². The molecule has 2 aliphatic rings. The van der Waals surface area contributed by atoms with Crippen molar-refractivity contribution in [3.8, 4) is 22.3 Å². The van der Waals surface area contributed by atoms with Crippen LogP contribution in [-0.2, 0) is 9.47 Å². The smallest absolute Gasteiger partial charge is 0.170 e. The largest absolute Gasteiger partial charge is 0.368 e. The minimum absolute atomic E-state index is 0.815. The monoisotopic (exact) mass is 426 g/mol. The Morgan fingerprint density at radius 3 is 1.03 bits per heavy atom. The molecule has 2 fully saturated rings. The normalized spacial score (nSPS) is 16.6. The predicted octanol–water partition coefficient (Wildman–Crippen LogP) is 3.94. The zero-order valence-electron chi connectivity index (χ0n) is 18.5. The van der Waals surface area contributed by atoms with Crippen molar-refractivity contribution in [3.63, 3.8) is 0 Å². The third-order valence-electron chi connectivity index (χ3n) is 6.13. The number of ether oxygens (including phenoxy) is 2. The van der Waals surface area contributed by atoms with Gasteiger partial charge in [0.15, 0.2) is 38.6 Å². The molecule has 5 rings (SSSR count). The molecule has 3 aromatic carbocycles. The summed E-state index contributed by atoms with van der Waals surface area (Å²) < 4.78 is 15.5. The molecule has 2 saturated heterocycles. The van der Waals surface area contributed by atoms with Gasteiger partial charge in [-0.1, -0.05) is 48.5 Å². The molecule has 4 heteroatoms.